The summed E-state index contributed by atoms with van der Waals surface area (Å²) < 4.78 is 0.989. The van der Waals surface area contributed by atoms with Crippen LogP contribution in [0.5, 0.6) is 0 Å². The molecule has 0 N–H and O–H groups in total. The van der Waals surface area contributed by atoms with E-state index in [4.69, 9.17) is 0 Å². The van der Waals surface area contributed by atoms with E-state index in [1.165, 1.54) is 0 Å². The van der Waals surface area contributed by atoms with Gasteiger partial charge in [0, 0.05) is 17.6 Å². The van der Waals surface area contributed by atoms with Crippen LogP contribution in [-0.4, -0.2) is 40.2 Å². The molecule has 5 heteroatoms. The summed E-state index contributed by atoms with van der Waals surface area (Å²) in [5.41, 5.74) is 1.04. The Morgan fingerprint density at radius 3 is 2.81 bits per heavy atom. The molecule has 0 aromatic heterocycles. The maximum atomic E-state index is 12.7. The van der Waals surface area contributed by atoms with Gasteiger partial charge in [-0.3, -0.25) is 9.59 Å². The van der Waals surface area contributed by atoms with Gasteiger partial charge in [0.15, 0.2) is 0 Å². The highest BCUT2D eigenvalue weighted by molar-refractivity contribution is 9.10. The Bertz CT molecular complexity index is 575. The molecule has 0 radical (unpaired) electrons. The number of hydrogen-bond donors (Lipinski definition) is 0. The van der Waals surface area contributed by atoms with Crippen molar-refractivity contribution in [1.29, 1.82) is 0 Å². The molecule has 0 aliphatic carbocycles. The first-order valence-electron chi connectivity index (χ1n) is 7.43. The molecular formula is C16H19BrN2O2. The van der Waals surface area contributed by atoms with Gasteiger partial charge in [0.25, 0.3) is 0 Å². The number of carbonyl (C=O) groups excluding carboxylic acids is 2. The lowest BCUT2D eigenvalue weighted by molar-refractivity contribution is -0.163. The minimum absolute atomic E-state index is 0.0919. The highest BCUT2D eigenvalue weighted by Crippen LogP contribution is 2.27. The summed E-state index contributed by atoms with van der Waals surface area (Å²) in [4.78, 5) is 28.7. The molecule has 3 rings (SSSR count). The molecule has 4 nitrogen and oxygen atoms in total. The summed E-state index contributed by atoms with van der Waals surface area (Å²) in [5.74, 6) is 0.191. The van der Waals surface area contributed by atoms with E-state index in [0.29, 0.717) is 6.54 Å². The van der Waals surface area contributed by atoms with Crippen LogP contribution in [-0.2, 0) is 16.1 Å². The summed E-state index contributed by atoms with van der Waals surface area (Å²) >= 11 is 3.45. The quantitative estimate of drug-likeness (QED) is 0.822. The van der Waals surface area contributed by atoms with E-state index in [1.807, 2.05) is 31.2 Å². The van der Waals surface area contributed by atoms with Crippen molar-refractivity contribution in [2.75, 3.05) is 6.54 Å². The molecule has 2 atom stereocenters. The molecular weight excluding hydrogens is 332 g/mol. The molecule has 2 saturated heterocycles. The normalized spacial score (nSPS) is 26.0. The van der Waals surface area contributed by atoms with Gasteiger partial charge in [0.05, 0.1) is 0 Å². The molecule has 0 saturated carbocycles. The zero-order valence-electron chi connectivity index (χ0n) is 12.1. The number of hydrogen-bond acceptors (Lipinski definition) is 2. The van der Waals surface area contributed by atoms with Gasteiger partial charge in [-0.1, -0.05) is 28.1 Å². The topological polar surface area (TPSA) is 40.6 Å². The number of piperidine rings is 1. The summed E-state index contributed by atoms with van der Waals surface area (Å²) in [7, 11) is 0. The highest BCUT2D eigenvalue weighted by atomic mass is 79.9. The summed E-state index contributed by atoms with van der Waals surface area (Å²) in [6.45, 7) is 3.06. The fourth-order valence-electron chi connectivity index (χ4n) is 3.25. The lowest BCUT2D eigenvalue weighted by Gasteiger charge is -2.46. The van der Waals surface area contributed by atoms with E-state index in [0.717, 1.165) is 35.8 Å². The van der Waals surface area contributed by atoms with E-state index >= 15 is 0 Å². The molecule has 1 aromatic rings. The predicted octanol–water partition coefficient (Wildman–Crippen LogP) is 2.56. The van der Waals surface area contributed by atoms with Crippen molar-refractivity contribution < 1.29 is 9.59 Å². The van der Waals surface area contributed by atoms with Crippen molar-refractivity contribution in [3.05, 3.63) is 34.3 Å². The van der Waals surface area contributed by atoms with Crippen molar-refractivity contribution in [2.45, 2.75) is 44.8 Å². The van der Waals surface area contributed by atoms with Crippen LogP contribution < -0.4 is 0 Å². The van der Waals surface area contributed by atoms with Gasteiger partial charge in [0.1, 0.15) is 12.1 Å². The molecule has 2 amide bonds. The SMILES string of the molecule is CC1C(=O)N2CCCCC2C(=O)N1Cc1cccc(Br)c1. The number of benzene rings is 1. The van der Waals surface area contributed by atoms with E-state index in [2.05, 4.69) is 15.9 Å². The summed E-state index contributed by atoms with van der Waals surface area (Å²) in [6, 6.07) is 7.28. The number of amides is 2. The van der Waals surface area contributed by atoms with Gasteiger partial charge in [-0.25, -0.2) is 0 Å². The average Bonchev–Trinajstić information content (AvgIpc) is 2.49. The highest BCUT2D eigenvalue weighted by Gasteiger charge is 2.44. The van der Waals surface area contributed by atoms with Gasteiger partial charge in [-0.2, -0.15) is 0 Å². The van der Waals surface area contributed by atoms with Crippen LogP contribution in [0.3, 0.4) is 0 Å². The van der Waals surface area contributed by atoms with Crippen LogP contribution in [0, 0.1) is 0 Å². The van der Waals surface area contributed by atoms with Crippen LogP contribution in [0.15, 0.2) is 28.7 Å². The predicted molar refractivity (Wildman–Crippen MR) is 83.5 cm³/mol. The first kappa shape index (κ1) is 14.6. The largest absolute Gasteiger partial charge is 0.329 e. The van der Waals surface area contributed by atoms with Crippen LogP contribution in [0.1, 0.15) is 31.7 Å². The van der Waals surface area contributed by atoms with Gasteiger partial charge in [-0.05, 0) is 43.9 Å². The molecule has 2 aliphatic rings. The third-order valence-electron chi connectivity index (χ3n) is 4.42. The minimum Gasteiger partial charge on any atom is -0.329 e. The smallest absolute Gasteiger partial charge is 0.246 e. The first-order valence-corrected chi connectivity index (χ1v) is 8.22. The molecule has 112 valence electrons. The van der Waals surface area contributed by atoms with Crippen molar-refractivity contribution in [3.8, 4) is 0 Å². The number of nitrogens with zero attached hydrogens (tertiary/aromatic N) is 2. The minimum atomic E-state index is -0.370. The Morgan fingerprint density at radius 2 is 2.05 bits per heavy atom. The third-order valence-corrected chi connectivity index (χ3v) is 4.91. The van der Waals surface area contributed by atoms with E-state index < -0.39 is 0 Å². The molecule has 2 aliphatic heterocycles. The van der Waals surface area contributed by atoms with Gasteiger partial charge >= 0.3 is 0 Å². The second-order valence-electron chi connectivity index (χ2n) is 5.82. The summed E-state index contributed by atoms with van der Waals surface area (Å²) in [6.07, 6.45) is 2.83. The van der Waals surface area contributed by atoms with Crippen LogP contribution in [0.4, 0.5) is 0 Å². The molecule has 2 heterocycles. The Kier molecular flexibility index (Phi) is 4.02. The zero-order valence-corrected chi connectivity index (χ0v) is 13.7. The first-order chi connectivity index (χ1) is 10.1. The van der Waals surface area contributed by atoms with Crippen molar-refractivity contribution in [2.24, 2.45) is 0 Å². The molecule has 1 aromatic carbocycles. The number of carbonyl (C=O) groups is 2. The Hall–Kier alpha value is -1.36. The lowest BCUT2D eigenvalue weighted by Crippen LogP contribution is -2.64. The number of rotatable bonds is 2. The Labute approximate surface area is 133 Å². The number of halogens is 1. The van der Waals surface area contributed by atoms with Crippen molar-refractivity contribution in [1.82, 2.24) is 9.80 Å². The zero-order chi connectivity index (χ0) is 15.0. The average molecular weight is 351 g/mol. The summed E-state index contributed by atoms with van der Waals surface area (Å²) in [5, 5.41) is 0. The second kappa shape index (κ2) is 5.79. The van der Waals surface area contributed by atoms with E-state index in [9.17, 15) is 9.59 Å². The molecule has 2 unspecified atom stereocenters. The number of piperazine rings is 1. The molecule has 2 fully saturated rings. The van der Waals surface area contributed by atoms with Gasteiger partial charge in [0.2, 0.25) is 11.8 Å². The van der Waals surface area contributed by atoms with Crippen LogP contribution in [0.25, 0.3) is 0 Å². The third kappa shape index (κ3) is 2.71. The fraction of sp³-hybridized carbons (Fsp3) is 0.500. The van der Waals surface area contributed by atoms with Gasteiger partial charge in [-0.15, -0.1) is 0 Å². The Balaban J connectivity index is 1.84. The molecule has 21 heavy (non-hydrogen) atoms. The maximum Gasteiger partial charge on any atom is 0.246 e. The number of fused-ring (bicyclic) bond motifs is 1. The van der Waals surface area contributed by atoms with E-state index in [1.54, 1.807) is 9.80 Å². The van der Waals surface area contributed by atoms with Crippen LogP contribution >= 0.6 is 15.9 Å². The van der Waals surface area contributed by atoms with Crippen molar-refractivity contribution >= 4 is 27.7 Å². The van der Waals surface area contributed by atoms with Crippen LogP contribution in [0.2, 0.25) is 0 Å². The molecule has 0 spiro atoms. The van der Waals surface area contributed by atoms with Crippen molar-refractivity contribution in [3.63, 3.8) is 0 Å². The molecule has 0 bridgehead atoms. The fourth-order valence-corrected chi connectivity index (χ4v) is 3.70. The second-order valence-corrected chi connectivity index (χ2v) is 6.73. The Morgan fingerprint density at radius 1 is 1.24 bits per heavy atom. The standard InChI is InChI=1S/C16H19BrN2O2/c1-11-15(20)18-8-3-2-7-14(18)16(21)19(11)10-12-5-4-6-13(17)9-12/h4-6,9,11,14H,2-3,7-8,10H2,1H3. The maximum absolute atomic E-state index is 12.7. The van der Waals surface area contributed by atoms with Gasteiger partial charge < -0.3 is 9.80 Å². The van der Waals surface area contributed by atoms with E-state index in [-0.39, 0.29) is 23.9 Å². The lowest BCUT2D eigenvalue weighted by atomic mass is 9.95. The monoisotopic (exact) mass is 350 g/mol.